The lowest BCUT2D eigenvalue weighted by Gasteiger charge is -2.09. The number of aromatic nitrogens is 4. The van der Waals surface area contributed by atoms with Gasteiger partial charge in [-0.3, -0.25) is 9.59 Å². The predicted octanol–water partition coefficient (Wildman–Crippen LogP) is 3.42. The highest BCUT2D eigenvalue weighted by atomic mass is 35.5. The van der Waals surface area contributed by atoms with Crippen molar-refractivity contribution < 1.29 is 4.79 Å². The first kappa shape index (κ1) is 19.0. The van der Waals surface area contributed by atoms with E-state index in [1.54, 1.807) is 36.4 Å². The van der Waals surface area contributed by atoms with E-state index in [4.69, 9.17) is 23.8 Å². The number of fused-ring (bicyclic) bond motifs is 1. The third-order valence-electron chi connectivity index (χ3n) is 4.30. The van der Waals surface area contributed by atoms with Crippen LogP contribution < -0.4 is 10.9 Å². The van der Waals surface area contributed by atoms with E-state index in [9.17, 15) is 9.59 Å². The number of carbonyl (C=O) groups is 1. The minimum Gasteiger partial charge on any atom is -0.348 e. The normalized spacial score (nSPS) is 10.8. The van der Waals surface area contributed by atoms with Crippen molar-refractivity contribution in [3.63, 3.8) is 0 Å². The van der Waals surface area contributed by atoms with E-state index in [-0.39, 0.29) is 16.2 Å². The van der Waals surface area contributed by atoms with Crippen molar-refractivity contribution >= 4 is 40.6 Å². The highest BCUT2D eigenvalue weighted by Gasteiger charge is 2.12. The van der Waals surface area contributed by atoms with Gasteiger partial charge in [0.2, 0.25) is 0 Å². The lowest BCUT2D eigenvalue weighted by Crippen LogP contribution is -2.24. The zero-order valence-electron chi connectivity index (χ0n) is 14.9. The molecule has 0 aliphatic rings. The van der Waals surface area contributed by atoms with Crippen LogP contribution in [0.2, 0.25) is 5.02 Å². The Kier molecular flexibility index (Phi) is 5.20. The van der Waals surface area contributed by atoms with Gasteiger partial charge >= 0.3 is 0 Å². The zero-order chi connectivity index (χ0) is 20.4. The van der Waals surface area contributed by atoms with E-state index >= 15 is 0 Å². The molecule has 0 atom stereocenters. The molecule has 0 saturated heterocycles. The fourth-order valence-corrected chi connectivity index (χ4v) is 3.41. The molecule has 0 spiro atoms. The van der Waals surface area contributed by atoms with E-state index in [1.807, 2.05) is 12.1 Å². The monoisotopic (exact) mass is 423 g/mol. The second-order valence-corrected chi connectivity index (χ2v) is 7.03. The van der Waals surface area contributed by atoms with Gasteiger partial charge in [0, 0.05) is 23.3 Å². The molecule has 2 heterocycles. The Hall–Kier alpha value is -3.36. The Morgan fingerprint density at radius 3 is 2.83 bits per heavy atom. The topological polar surface area (TPSA) is 92.7 Å². The van der Waals surface area contributed by atoms with Crippen molar-refractivity contribution in [1.82, 2.24) is 24.8 Å². The largest absolute Gasteiger partial charge is 0.348 e. The second kappa shape index (κ2) is 7.94. The Bertz CT molecular complexity index is 1330. The lowest BCUT2D eigenvalue weighted by molar-refractivity contribution is 0.0951. The van der Waals surface area contributed by atoms with Crippen LogP contribution in [0.3, 0.4) is 0 Å². The number of nitrogens with zero attached hydrogens (tertiary/aromatic N) is 3. The number of H-pyrrole nitrogens is 1. The third kappa shape index (κ3) is 3.94. The molecule has 9 heteroatoms. The van der Waals surface area contributed by atoms with Crippen LogP contribution in [0.4, 0.5) is 0 Å². The first-order chi connectivity index (χ1) is 14.0. The van der Waals surface area contributed by atoms with Crippen molar-refractivity contribution in [2.75, 3.05) is 0 Å². The summed E-state index contributed by atoms with van der Waals surface area (Å²) in [5, 5.41) is 3.83. The van der Waals surface area contributed by atoms with Gasteiger partial charge in [0.05, 0.1) is 10.9 Å². The van der Waals surface area contributed by atoms with Crippen LogP contribution in [0.25, 0.3) is 16.7 Å². The SMILES string of the molecule is O=C(NCc1cccc(Cl)c1)c1ccc2c(=O)n(-c3ccncn3)c(=S)[nH]c2c1. The minimum absolute atomic E-state index is 0.178. The van der Waals surface area contributed by atoms with E-state index in [0.717, 1.165) is 5.56 Å². The summed E-state index contributed by atoms with van der Waals surface area (Å²) in [6, 6.07) is 13.6. The average Bonchev–Trinajstić information content (AvgIpc) is 2.72. The highest BCUT2D eigenvalue weighted by Crippen LogP contribution is 2.14. The fraction of sp³-hybridized carbons (Fsp3) is 0.0500. The molecule has 2 N–H and O–H groups in total. The molecule has 0 bridgehead atoms. The van der Waals surface area contributed by atoms with Gasteiger partial charge in [-0.25, -0.2) is 14.5 Å². The van der Waals surface area contributed by atoms with Crippen LogP contribution in [0.15, 0.2) is 65.8 Å². The summed E-state index contributed by atoms with van der Waals surface area (Å²) in [5.74, 6) is 0.0997. The Labute approximate surface area is 175 Å². The number of aromatic amines is 1. The standard InChI is InChI=1S/C20H14ClN5O2S/c21-14-3-1-2-12(8-14)10-23-18(27)13-4-5-15-16(9-13)25-20(29)26(19(15)28)17-6-7-22-11-24-17/h1-9,11H,10H2,(H,23,27)(H,25,29). The van der Waals surface area contributed by atoms with Gasteiger partial charge in [-0.05, 0) is 54.2 Å². The van der Waals surface area contributed by atoms with Crippen LogP contribution >= 0.6 is 23.8 Å². The van der Waals surface area contributed by atoms with Gasteiger partial charge in [0.15, 0.2) is 4.77 Å². The average molecular weight is 424 g/mol. The predicted molar refractivity (Wildman–Crippen MR) is 113 cm³/mol. The Morgan fingerprint density at radius 2 is 2.07 bits per heavy atom. The summed E-state index contributed by atoms with van der Waals surface area (Å²) in [6.45, 7) is 0.336. The maximum absolute atomic E-state index is 12.9. The highest BCUT2D eigenvalue weighted by molar-refractivity contribution is 7.71. The first-order valence-electron chi connectivity index (χ1n) is 8.61. The molecular weight excluding hydrogens is 410 g/mol. The van der Waals surface area contributed by atoms with Gasteiger partial charge in [-0.1, -0.05) is 23.7 Å². The lowest BCUT2D eigenvalue weighted by atomic mass is 10.1. The molecule has 29 heavy (non-hydrogen) atoms. The molecule has 2 aromatic heterocycles. The van der Waals surface area contributed by atoms with Crippen LogP contribution in [0.5, 0.6) is 0 Å². The van der Waals surface area contributed by atoms with Crippen molar-refractivity contribution in [2.45, 2.75) is 6.54 Å². The molecule has 4 rings (SSSR count). The van der Waals surface area contributed by atoms with Crippen LogP contribution in [-0.2, 0) is 6.54 Å². The summed E-state index contributed by atoms with van der Waals surface area (Å²) in [7, 11) is 0. The molecule has 0 unspecified atom stereocenters. The molecule has 2 aromatic carbocycles. The maximum Gasteiger partial charge on any atom is 0.267 e. The van der Waals surface area contributed by atoms with Gasteiger partial charge in [-0.2, -0.15) is 0 Å². The smallest absolute Gasteiger partial charge is 0.267 e. The Balaban J connectivity index is 1.65. The summed E-state index contributed by atoms with van der Waals surface area (Å²) in [4.78, 5) is 36.3. The van der Waals surface area contributed by atoms with Crippen molar-refractivity contribution in [3.8, 4) is 5.82 Å². The first-order valence-corrected chi connectivity index (χ1v) is 9.40. The van der Waals surface area contributed by atoms with Gasteiger partial charge in [0.1, 0.15) is 12.1 Å². The van der Waals surface area contributed by atoms with Crippen molar-refractivity contribution in [1.29, 1.82) is 0 Å². The number of halogens is 1. The summed E-state index contributed by atoms with van der Waals surface area (Å²) >= 11 is 11.3. The molecule has 144 valence electrons. The summed E-state index contributed by atoms with van der Waals surface area (Å²) in [5.41, 5.74) is 1.44. The van der Waals surface area contributed by atoms with Gasteiger partial charge in [0.25, 0.3) is 11.5 Å². The number of carbonyl (C=O) groups excluding carboxylic acids is 1. The third-order valence-corrected chi connectivity index (χ3v) is 4.82. The second-order valence-electron chi connectivity index (χ2n) is 6.21. The van der Waals surface area contributed by atoms with E-state index in [2.05, 4.69) is 20.3 Å². The van der Waals surface area contributed by atoms with Crippen LogP contribution in [0.1, 0.15) is 15.9 Å². The number of hydrogen-bond acceptors (Lipinski definition) is 5. The van der Waals surface area contributed by atoms with E-state index in [1.165, 1.54) is 17.1 Å². The van der Waals surface area contributed by atoms with Crippen molar-refractivity contribution in [3.05, 3.63) is 92.3 Å². The van der Waals surface area contributed by atoms with Gasteiger partial charge in [-0.15, -0.1) is 0 Å². The molecule has 0 radical (unpaired) electrons. The number of nitrogens with one attached hydrogen (secondary N) is 2. The van der Waals surface area contributed by atoms with E-state index < -0.39 is 0 Å². The van der Waals surface area contributed by atoms with E-state index in [0.29, 0.717) is 33.9 Å². The molecule has 7 nitrogen and oxygen atoms in total. The quantitative estimate of drug-likeness (QED) is 0.490. The summed E-state index contributed by atoms with van der Waals surface area (Å²) < 4.78 is 1.47. The number of hydrogen-bond donors (Lipinski definition) is 2. The van der Waals surface area contributed by atoms with Crippen molar-refractivity contribution in [2.24, 2.45) is 0 Å². The number of amides is 1. The summed E-state index contributed by atoms with van der Waals surface area (Å²) in [6.07, 6.45) is 2.87. The number of rotatable bonds is 4. The maximum atomic E-state index is 12.9. The molecule has 0 saturated carbocycles. The molecule has 0 fully saturated rings. The van der Waals surface area contributed by atoms with Crippen LogP contribution in [0, 0.1) is 4.77 Å². The minimum atomic E-state index is -0.326. The molecular formula is C20H14ClN5O2S. The molecule has 4 aromatic rings. The van der Waals surface area contributed by atoms with Crippen LogP contribution in [-0.4, -0.2) is 25.4 Å². The zero-order valence-corrected chi connectivity index (χ0v) is 16.5. The molecule has 0 aliphatic heterocycles. The fourth-order valence-electron chi connectivity index (χ4n) is 2.91. The Morgan fingerprint density at radius 1 is 1.21 bits per heavy atom. The molecule has 1 amide bonds. The number of benzene rings is 2. The molecule has 0 aliphatic carbocycles. The van der Waals surface area contributed by atoms with Gasteiger partial charge < -0.3 is 10.3 Å².